The molecule has 1 amide bonds. The average molecular weight is 364 g/mol. The van der Waals surface area contributed by atoms with E-state index in [0.717, 1.165) is 11.1 Å². The molecular formula is C21H24N4O2. The van der Waals surface area contributed by atoms with Gasteiger partial charge in [0.25, 0.3) is 5.91 Å². The van der Waals surface area contributed by atoms with E-state index in [-0.39, 0.29) is 18.5 Å². The molecule has 27 heavy (non-hydrogen) atoms. The lowest BCUT2D eigenvalue weighted by molar-refractivity contribution is 0.0597. The molecule has 3 rings (SSSR count). The molecule has 0 saturated carbocycles. The molecule has 0 unspecified atom stereocenters. The van der Waals surface area contributed by atoms with Crippen LogP contribution in [0, 0.1) is 0 Å². The Morgan fingerprint density at radius 1 is 1.11 bits per heavy atom. The third-order valence-corrected chi connectivity index (χ3v) is 4.34. The second-order valence-electron chi connectivity index (χ2n) is 6.74. The van der Waals surface area contributed by atoms with Gasteiger partial charge in [0, 0.05) is 31.2 Å². The number of rotatable bonds is 7. The van der Waals surface area contributed by atoms with E-state index in [2.05, 4.69) is 10.1 Å². The Morgan fingerprint density at radius 2 is 1.81 bits per heavy atom. The van der Waals surface area contributed by atoms with Crippen molar-refractivity contribution < 1.29 is 9.90 Å². The summed E-state index contributed by atoms with van der Waals surface area (Å²) in [4.78, 5) is 18.7. The Bertz CT molecular complexity index is 862. The van der Waals surface area contributed by atoms with E-state index < -0.39 is 6.10 Å². The van der Waals surface area contributed by atoms with Crippen molar-refractivity contribution in [1.82, 2.24) is 19.7 Å². The van der Waals surface area contributed by atoms with Crippen LogP contribution in [0.5, 0.6) is 0 Å². The highest BCUT2D eigenvalue weighted by molar-refractivity contribution is 5.92. The first-order chi connectivity index (χ1) is 13.0. The van der Waals surface area contributed by atoms with Crippen LogP contribution >= 0.6 is 0 Å². The summed E-state index contributed by atoms with van der Waals surface area (Å²) in [5.74, 6) is -0.207. The normalized spacial score (nSPS) is 12.1. The lowest BCUT2D eigenvalue weighted by Crippen LogP contribution is -2.34. The van der Waals surface area contributed by atoms with Gasteiger partial charge in [-0.15, -0.1) is 0 Å². The number of hydrogen-bond donors (Lipinski definition) is 1. The maximum absolute atomic E-state index is 13.1. The Morgan fingerprint density at radius 3 is 2.44 bits per heavy atom. The van der Waals surface area contributed by atoms with Crippen molar-refractivity contribution >= 4 is 5.91 Å². The van der Waals surface area contributed by atoms with Gasteiger partial charge < -0.3 is 10.0 Å². The molecule has 6 nitrogen and oxygen atoms in total. The van der Waals surface area contributed by atoms with Crippen LogP contribution in [-0.2, 0) is 6.54 Å². The lowest BCUT2D eigenvalue weighted by Gasteiger charge is -2.25. The minimum atomic E-state index is -0.774. The van der Waals surface area contributed by atoms with Crippen molar-refractivity contribution in [2.24, 2.45) is 0 Å². The van der Waals surface area contributed by atoms with Crippen molar-refractivity contribution in [1.29, 1.82) is 0 Å². The van der Waals surface area contributed by atoms with Crippen LogP contribution in [0.1, 0.15) is 47.6 Å². The number of benzene rings is 1. The lowest BCUT2D eigenvalue weighted by atomic mass is 10.1. The number of carbonyl (C=O) groups excluding carboxylic acids is 1. The molecule has 0 aliphatic heterocycles. The predicted molar refractivity (Wildman–Crippen MR) is 103 cm³/mol. The summed E-state index contributed by atoms with van der Waals surface area (Å²) in [5.41, 5.74) is 2.10. The number of amides is 1. The summed E-state index contributed by atoms with van der Waals surface area (Å²) >= 11 is 0. The fourth-order valence-electron chi connectivity index (χ4n) is 2.82. The maximum atomic E-state index is 13.1. The first-order valence-corrected chi connectivity index (χ1v) is 9.01. The summed E-state index contributed by atoms with van der Waals surface area (Å²) in [6.07, 6.45) is 4.41. The summed E-state index contributed by atoms with van der Waals surface area (Å²) in [6, 6.07) is 15.0. The van der Waals surface area contributed by atoms with Crippen molar-refractivity contribution in [3.05, 3.63) is 83.9 Å². The number of aliphatic hydroxyl groups excluding tert-OH is 1. The minimum Gasteiger partial charge on any atom is -0.387 e. The van der Waals surface area contributed by atoms with E-state index in [9.17, 15) is 9.90 Å². The quantitative estimate of drug-likeness (QED) is 0.699. The molecule has 3 aromatic rings. The van der Waals surface area contributed by atoms with Crippen molar-refractivity contribution in [2.45, 2.75) is 32.5 Å². The number of pyridine rings is 1. The van der Waals surface area contributed by atoms with Crippen LogP contribution in [0.15, 0.2) is 67.1 Å². The van der Waals surface area contributed by atoms with Gasteiger partial charge >= 0.3 is 0 Å². The fraction of sp³-hybridized carbons (Fsp3) is 0.286. The molecule has 1 N–H and O–H groups in total. The SMILES string of the molecule is CC(C)n1ccc(C(=O)N(Cc2ccncc2)C[C@H](O)c2ccccc2)n1. The molecule has 0 spiro atoms. The van der Waals surface area contributed by atoms with Gasteiger partial charge in [0.2, 0.25) is 0 Å². The number of hydrogen-bond acceptors (Lipinski definition) is 4. The largest absolute Gasteiger partial charge is 0.387 e. The van der Waals surface area contributed by atoms with Gasteiger partial charge in [-0.2, -0.15) is 5.10 Å². The standard InChI is InChI=1S/C21H24N4O2/c1-16(2)25-13-10-19(23-25)21(27)24(14-17-8-11-22-12-9-17)15-20(26)18-6-4-3-5-7-18/h3-13,16,20,26H,14-15H2,1-2H3/t20-/m0/s1. The van der Waals surface area contributed by atoms with E-state index in [0.29, 0.717) is 12.2 Å². The van der Waals surface area contributed by atoms with Crippen LogP contribution < -0.4 is 0 Å². The van der Waals surface area contributed by atoms with E-state index in [1.807, 2.05) is 56.3 Å². The summed E-state index contributed by atoms with van der Waals surface area (Å²) < 4.78 is 1.76. The molecule has 1 aromatic carbocycles. The number of aromatic nitrogens is 3. The van der Waals surface area contributed by atoms with Crippen LogP contribution in [0.4, 0.5) is 0 Å². The second-order valence-corrected chi connectivity index (χ2v) is 6.74. The topological polar surface area (TPSA) is 71.2 Å². The third-order valence-electron chi connectivity index (χ3n) is 4.34. The maximum Gasteiger partial charge on any atom is 0.274 e. The molecule has 0 bridgehead atoms. The zero-order chi connectivity index (χ0) is 19.2. The highest BCUT2D eigenvalue weighted by Gasteiger charge is 2.22. The zero-order valence-electron chi connectivity index (χ0n) is 15.6. The third kappa shape index (κ3) is 4.80. The van der Waals surface area contributed by atoms with E-state index in [4.69, 9.17) is 0 Å². The molecule has 0 fully saturated rings. The van der Waals surface area contributed by atoms with E-state index in [1.165, 1.54) is 0 Å². The van der Waals surface area contributed by atoms with Gasteiger partial charge in [-0.25, -0.2) is 0 Å². The summed E-state index contributed by atoms with van der Waals surface area (Å²) in [6.45, 7) is 4.57. The molecule has 0 aliphatic rings. The molecule has 2 aromatic heterocycles. The van der Waals surface area contributed by atoms with Crippen LogP contribution in [0.2, 0.25) is 0 Å². The molecule has 0 aliphatic carbocycles. The van der Waals surface area contributed by atoms with Crippen LogP contribution in [0.3, 0.4) is 0 Å². The van der Waals surface area contributed by atoms with Gasteiger partial charge in [-0.1, -0.05) is 30.3 Å². The first kappa shape index (κ1) is 18.8. The van der Waals surface area contributed by atoms with Gasteiger partial charge in [-0.3, -0.25) is 14.5 Å². The summed E-state index contributed by atoms with van der Waals surface area (Å²) in [7, 11) is 0. The average Bonchev–Trinajstić information content (AvgIpc) is 3.19. The summed E-state index contributed by atoms with van der Waals surface area (Å²) in [5, 5.41) is 15.0. The highest BCUT2D eigenvalue weighted by Crippen LogP contribution is 2.18. The van der Waals surface area contributed by atoms with Crippen LogP contribution in [0.25, 0.3) is 0 Å². The van der Waals surface area contributed by atoms with Gasteiger partial charge in [-0.05, 0) is 43.2 Å². The number of aliphatic hydroxyl groups is 1. The number of nitrogens with zero attached hydrogens (tertiary/aromatic N) is 4. The molecule has 140 valence electrons. The molecule has 6 heteroatoms. The van der Waals surface area contributed by atoms with E-state index >= 15 is 0 Å². The van der Waals surface area contributed by atoms with Gasteiger partial charge in [0.15, 0.2) is 0 Å². The van der Waals surface area contributed by atoms with Gasteiger partial charge in [0.1, 0.15) is 5.69 Å². The highest BCUT2D eigenvalue weighted by atomic mass is 16.3. The first-order valence-electron chi connectivity index (χ1n) is 9.01. The smallest absolute Gasteiger partial charge is 0.274 e. The monoisotopic (exact) mass is 364 g/mol. The van der Waals surface area contributed by atoms with Crippen LogP contribution in [-0.4, -0.2) is 37.2 Å². The Labute approximate surface area is 159 Å². The molecule has 0 radical (unpaired) electrons. The predicted octanol–water partition coefficient (Wildman–Crippen LogP) is 3.24. The zero-order valence-corrected chi connectivity index (χ0v) is 15.6. The van der Waals surface area contributed by atoms with Crippen molar-refractivity contribution in [3.8, 4) is 0 Å². The number of carbonyl (C=O) groups is 1. The molecule has 0 saturated heterocycles. The second kappa shape index (κ2) is 8.60. The Kier molecular flexibility index (Phi) is 5.98. The minimum absolute atomic E-state index is 0.176. The van der Waals surface area contributed by atoms with E-state index in [1.54, 1.807) is 34.2 Å². The fourth-order valence-corrected chi connectivity index (χ4v) is 2.82. The van der Waals surface area contributed by atoms with Gasteiger partial charge in [0.05, 0.1) is 12.6 Å². The Balaban J connectivity index is 1.83. The molecular weight excluding hydrogens is 340 g/mol. The molecule has 1 atom stereocenters. The van der Waals surface area contributed by atoms with Crippen molar-refractivity contribution in [3.63, 3.8) is 0 Å². The Hall–Kier alpha value is -2.99. The van der Waals surface area contributed by atoms with Crippen molar-refractivity contribution in [2.75, 3.05) is 6.54 Å². The molecule has 2 heterocycles.